The van der Waals surface area contributed by atoms with E-state index in [0.717, 1.165) is 11.1 Å². The molecule has 0 N–H and O–H groups in total. The summed E-state index contributed by atoms with van der Waals surface area (Å²) >= 11 is 0. The molecular weight excluding hydrogens is 434 g/mol. The Balaban J connectivity index is 1.57. The minimum Gasteiger partial charge on any atom is -0.497 e. The third-order valence-electron chi connectivity index (χ3n) is 5.02. The van der Waals surface area contributed by atoms with E-state index in [0.29, 0.717) is 29.2 Å². The topological polar surface area (TPSA) is 83.4 Å². The molecule has 1 aliphatic heterocycles. The highest BCUT2D eigenvalue weighted by Gasteiger charge is 2.24. The number of aryl methyl sites for hydroxylation is 1. The number of carbonyl (C=O) groups is 2. The van der Waals surface area contributed by atoms with Crippen molar-refractivity contribution in [2.24, 2.45) is 4.99 Å². The van der Waals surface area contributed by atoms with E-state index in [1.807, 2.05) is 38.1 Å². The third-order valence-corrected chi connectivity index (χ3v) is 5.02. The van der Waals surface area contributed by atoms with Crippen LogP contribution in [0.25, 0.3) is 6.08 Å². The van der Waals surface area contributed by atoms with Crippen molar-refractivity contribution >= 4 is 23.9 Å². The first kappa shape index (κ1) is 22.8. The predicted molar refractivity (Wildman–Crippen MR) is 127 cm³/mol. The van der Waals surface area contributed by atoms with E-state index in [1.165, 1.54) is 0 Å². The molecule has 0 fully saturated rings. The van der Waals surface area contributed by atoms with E-state index in [4.69, 9.17) is 18.9 Å². The van der Waals surface area contributed by atoms with E-state index >= 15 is 0 Å². The Morgan fingerprint density at radius 2 is 1.74 bits per heavy atom. The van der Waals surface area contributed by atoms with Crippen LogP contribution in [-0.2, 0) is 9.53 Å². The lowest BCUT2D eigenvalue weighted by Crippen LogP contribution is -2.09. The molecule has 0 spiro atoms. The van der Waals surface area contributed by atoms with Gasteiger partial charge in [0.15, 0.2) is 17.2 Å². The number of rotatable bonds is 7. The van der Waals surface area contributed by atoms with Gasteiger partial charge in [0.25, 0.3) is 0 Å². The molecule has 0 saturated heterocycles. The monoisotopic (exact) mass is 457 g/mol. The predicted octanol–water partition coefficient (Wildman–Crippen LogP) is 4.97. The Hall–Kier alpha value is -4.39. The van der Waals surface area contributed by atoms with Gasteiger partial charge in [0.05, 0.1) is 19.3 Å². The van der Waals surface area contributed by atoms with Crippen LogP contribution in [0.5, 0.6) is 17.2 Å². The van der Waals surface area contributed by atoms with Crippen molar-refractivity contribution in [1.82, 2.24) is 0 Å². The van der Waals surface area contributed by atoms with Gasteiger partial charge in [0.2, 0.25) is 5.90 Å². The molecule has 4 rings (SSSR count). The Kier molecular flexibility index (Phi) is 6.73. The number of hydrogen-bond acceptors (Lipinski definition) is 7. The Morgan fingerprint density at radius 1 is 1.00 bits per heavy atom. The molecule has 1 aliphatic rings. The van der Waals surface area contributed by atoms with Crippen molar-refractivity contribution in [1.29, 1.82) is 0 Å². The molecule has 0 amide bonds. The van der Waals surface area contributed by atoms with Crippen LogP contribution in [-0.4, -0.2) is 31.6 Å². The van der Waals surface area contributed by atoms with Crippen LogP contribution in [0.4, 0.5) is 0 Å². The summed E-state index contributed by atoms with van der Waals surface area (Å²) in [6.07, 6.45) is 1.60. The average Bonchev–Trinajstić information content (AvgIpc) is 3.21. The summed E-state index contributed by atoms with van der Waals surface area (Å²) < 4.78 is 21.6. The molecule has 0 aliphatic carbocycles. The molecule has 7 heteroatoms. The van der Waals surface area contributed by atoms with Crippen LogP contribution in [0.15, 0.2) is 77.4 Å². The standard InChI is InChI=1S/C27H23NO6/c1-4-32-24-16-18(7-14-23(24)33-26(29)20-10-12-21(31-3)13-11-20)15-22-27(30)34-25(28-22)19-8-5-17(2)6-9-19/h5-16H,4H2,1-3H3. The SMILES string of the molecule is CCOc1cc(C=C2N=C(c3ccc(C)cc3)OC2=O)ccc1OC(=O)c1ccc(OC)cc1. The molecule has 3 aromatic carbocycles. The third kappa shape index (κ3) is 5.15. The normalized spacial score (nSPS) is 13.9. The summed E-state index contributed by atoms with van der Waals surface area (Å²) in [7, 11) is 1.55. The van der Waals surface area contributed by atoms with Gasteiger partial charge in [-0.05, 0) is 74.0 Å². The Labute approximate surface area is 197 Å². The number of nitrogens with zero attached hydrogens (tertiary/aromatic N) is 1. The first-order chi connectivity index (χ1) is 16.5. The molecule has 0 atom stereocenters. The van der Waals surface area contributed by atoms with E-state index in [-0.39, 0.29) is 17.3 Å². The molecule has 0 aromatic heterocycles. The quantitative estimate of drug-likeness (QED) is 0.283. The van der Waals surface area contributed by atoms with Crippen molar-refractivity contribution in [3.63, 3.8) is 0 Å². The number of carbonyl (C=O) groups excluding carboxylic acids is 2. The molecule has 0 unspecified atom stereocenters. The zero-order valence-electron chi connectivity index (χ0n) is 19.0. The summed E-state index contributed by atoms with van der Waals surface area (Å²) in [4.78, 5) is 29.2. The Morgan fingerprint density at radius 3 is 2.41 bits per heavy atom. The number of aliphatic imine (C=N–C) groups is 1. The lowest BCUT2D eigenvalue weighted by molar-refractivity contribution is -0.129. The van der Waals surface area contributed by atoms with Crippen LogP contribution < -0.4 is 14.2 Å². The highest BCUT2D eigenvalue weighted by Crippen LogP contribution is 2.31. The van der Waals surface area contributed by atoms with Crippen LogP contribution >= 0.6 is 0 Å². The van der Waals surface area contributed by atoms with E-state index in [9.17, 15) is 9.59 Å². The first-order valence-corrected chi connectivity index (χ1v) is 10.7. The molecule has 34 heavy (non-hydrogen) atoms. The van der Waals surface area contributed by atoms with Crippen molar-refractivity contribution in [3.8, 4) is 17.2 Å². The maximum Gasteiger partial charge on any atom is 0.363 e. The van der Waals surface area contributed by atoms with Gasteiger partial charge in [-0.15, -0.1) is 0 Å². The molecule has 172 valence electrons. The number of ether oxygens (including phenoxy) is 4. The summed E-state index contributed by atoms with van der Waals surface area (Å²) in [6.45, 7) is 4.17. The maximum atomic E-state index is 12.6. The van der Waals surface area contributed by atoms with E-state index < -0.39 is 11.9 Å². The lowest BCUT2D eigenvalue weighted by atomic mass is 10.1. The second-order valence-electron chi connectivity index (χ2n) is 7.46. The molecule has 7 nitrogen and oxygen atoms in total. The van der Waals surface area contributed by atoms with Crippen LogP contribution in [0.2, 0.25) is 0 Å². The molecule has 3 aromatic rings. The summed E-state index contributed by atoms with van der Waals surface area (Å²) in [5.41, 5.74) is 3.01. The fourth-order valence-corrected chi connectivity index (χ4v) is 3.24. The van der Waals surface area contributed by atoms with Gasteiger partial charge < -0.3 is 18.9 Å². The van der Waals surface area contributed by atoms with Gasteiger partial charge >= 0.3 is 11.9 Å². The maximum absolute atomic E-state index is 12.6. The van der Waals surface area contributed by atoms with Crippen LogP contribution in [0.3, 0.4) is 0 Å². The fraction of sp³-hybridized carbons (Fsp3) is 0.148. The zero-order valence-corrected chi connectivity index (χ0v) is 19.0. The average molecular weight is 457 g/mol. The molecular formula is C27H23NO6. The largest absolute Gasteiger partial charge is 0.497 e. The van der Waals surface area contributed by atoms with E-state index in [2.05, 4.69) is 4.99 Å². The highest BCUT2D eigenvalue weighted by molar-refractivity contribution is 6.12. The van der Waals surface area contributed by atoms with Gasteiger partial charge in [-0.25, -0.2) is 14.6 Å². The van der Waals surface area contributed by atoms with Crippen molar-refractivity contribution in [2.75, 3.05) is 13.7 Å². The van der Waals surface area contributed by atoms with Crippen molar-refractivity contribution < 1.29 is 28.5 Å². The van der Waals surface area contributed by atoms with Crippen LogP contribution in [0, 0.1) is 6.92 Å². The van der Waals surface area contributed by atoms with Crippen molar-refractivity contribution in [3.05, 3.63) is 94.7 Å². The summed E-state index contributed by atoms with van der Waals surface area (Å²) in [5, 5.41) is 0. The van der Waals surface area contributed by atoms with Crippen LogP contribution in [0.1, 0.15) is 34.0 Å². The van der Waals surface area contributed by atoms with Gasteiger partial charge in [-0.3, -0.25) is 0 Å². The van der Waals surface area contributed by atoms with E-state index in [1.54, 1.807) is 55.7 Å². The molecule has 0 radical (unpaired) electrons. The zero-order chi connectivity index (χ0) is 24.1. The first-order valence-electron chi connectivity index (χ1n) is 10.7. The summed E-state index contributed by atoms with van der Waals surface area (Å²) in [5.74, 6) is 0.467. The smallest absolute Gasteiger partial charge is 0.363 e. The van der Waals surface area contributed by atoms with Crippen molar-refractivity contribution in [2.45, 2.75) is 13.8 Å². The molecule has 1 heterocycles. The number of cyclic esters (lactones) is 1. The number of benzene rings is 3. The Bertz CT molecular complexity index is 1270. The molecule has 0 saturated carbocycles. The second-order valence-corrected chi connectivity index (χ2v) is 7.46. The number of hydrogen-bond donors (Lipinski definition) is 0. The number of esters is 2. The van der Waals surface area contributed by atoms with Gasteiger partial charge in [0, 0.05) is 5.56 Å². The second kappa shape index (κ2) is 10.0. The van der Waals surface area contributed by atoms with Gasteiger partial charge in [-0.2, -0.15) is 0 Å². The number of methoxy groups -OCH3 is 1. The minimum atomic E-state index is -0.538. The minimum absolute atomic E-state index is 0.168. The lowest BCUT2D eigenvalue weighted by Gasteiger charge is -2.11. The molecule has 0 bridgehead atoms. The summed E-state index contributed by atoms with van der Waals surface area (Å²) in [6, 6.07) is 19.2. The van der Waals surface area contributed by atoms with Gasteiger partial charge in [0.1, 0.15) is 5.75 Å². The van der Waals surface area contributed by atoms with Gasteiger partial charge in [-0.1, -0.05) is 23.8 Å². The highest BCUT2D eigenvalue weighted by atomic mass is 16.6. The fourth-order valence-electron chi connectivity index (χ4n) is 3.24.